The highest BCUT2D eigenvalue weighted by molar-refractivity contribution is 6.59. The van der Waals surface area contributed by atoms with Crippen molar-refractivity contribution in [2.24, 2.45) is 5.11 Å². The first kappa shape index (κ1) is 12.4. The van der Waals surface area contributed by atoms with Crippen LogP contribution in [0.15, 0.2) is 11.2 Å². The first-order chi connectivity index (χ1) is 7.49. The molecule has 1 aromatic carbocycles. The SMILES string of the molecule is Cc1c(CN=[N+]=[N-])cc(B(O)O)c(C)c1N. The Balaban J connectivity index is 3.34. The highest BCUT2D eigenvalue weighted by Gasteiger charge is 2.18. The molecule has 16 heavy (non-hydrogen) atoms. The number of anilines is 1. The first-order valence-corrected chi connectivity index (χ1v) is 4.74. The minimum Gasteiger partial charge on any atom is -0.423 e. The third-order valence-corrected chi connectivity index (χ3v) is 2.63. The number of benzene rings is 1. The summed E-state index contributed by atoms with van der Waals surface area (Å²) in [7, 11) is -1.58. The van der Waals surface area contributed by atoms with Crippen LogP contribution in [0.25, 0.3) is 10.4 Å². The monoisotopic (exact) mass is 220 g/mol. The molecule has 0 aliphatic rings. The van der Waals surface area contributed by atoms with Gasteiger partial charge in [0.2, 0.25) is 0 Å². The van der Waals surface area contributed by atoms with Crippen molar-refractivity contribution >= 4 is 18.3 Å². The zero-order valence-electron chi connectivity index (χ0n) is 9.18. The molecule has 0 unspecified atom stereocenters. The fourth-order valence-corrected chi connectivity index (χ4v) is 1.55. The summed E-state index contributed by atoms with van der Waals surface area (Å²) in [5.41, 5.74) is 17.1. The quantitative estimate of drug-likeness (QED) is 0.224. The van der Waals surface area contributed by atoms with Crippen molar-refractivity contribution in [3.63, 3.8) is 0 Å². The molecule has 1 rings (SSSR count). The van der Waals surface area contributed by atoms with Crippen molar-refractivity contribution in [2.45, 2.75) is 20.4 Å². The Bertz CT molecular complexity index is 455. The lowest BCUT2D eigenvalue weighted by atomic mass is 9.75. The molecule has 0 aromatic heterocycles. The number of nitrogen functional groups attached to an aromatic ring is 1. The molecule has 4 N–H and O–H groups in total. The molecule has 0 radical (unpaired) electrons. The van der Waals surface area contributed by atoms with E-state index in [-0.39, 0.29) is 6.54 Å². The van der Waals surface area contributed by atoms with Gasteiger partial charge in [-0.25, -0.2) is 0 Å². The van der Waals surface area contributed by atoms with Gasteiger partial charge in [0.25, 0.3) is 0 Å². The molecule has 7 heteroatoms. The highest BCUT2D eigenvalue weighted by Crippen LogP contribution is 2.20. The molecular formula is C9H13BN4O2. The lowest BCUT2D eigenvalue weighted by molar-refractivity contribution is 0.425. The zero-order valence-corrected chi connectivity index (χ0v) is 9.18. The predicted molar refractivity (Wildman–Crippen MR) is 63.0 cm³/mol. The van der Waals surface area contributed by atoms with Gasteiger partial charge in [-0.3, -0.25) is 0 Å². The maximum atomic E-state index is 9.17. The second-order valence-corrected chi connectivity index (χ2v) is 3.55. The van der Waals surface area contributed by atoms with Gasteiger partial charge < -0.3 is 15.8 Å². The average Bonchev–Trinajstić information content (AvgIpc) is 2.24. The van der Waals surface area contributed by atoms with Crippen LogP contribution in [0.3, 0.4) is 0 Å². The fraction of sp³-hybridized carbons (Fsp3) is 0.333. The minimum atomic E-state index is -1.58. The number of nitrogens with two attached hydrogens (primary N) is 1. The summed E-state index contributed by atoms with van der Waals surface area (Å²) in [6.07, 6.45) is 0. The van der Waals surface area contributed by atoms with E-state index >= 15 is 0 Å². The minimum absolute atomic E-state index is 0.145. The number of hydrogen-bond donors (Lipinski definition) is 3. The largest absolute Gasteiger partial charge is 0.488 e. The van der Waals surface area contributed by atoms with Crippen LogP contribution in [-0.2, 0) is 6.54 Å². The van der Waals surface area contributed by atoms with Crippen molar-refractivity contribution in [3.8, 4) is 0 Å². The summed E-state index contributed by atoms with van der Waals surface area (Å²) in [4.78, 5) is 2.66. The van der Waals surface area contributed by atoms with Crippen molar-refractivity contribution in [1.82, 2.24) is 0 Å². The molecule has 0 heterocycles. The Kier molecular flexibility index (Phi) is 3.79. The van der Waals surface area contributed by atoms with Crippen LogP contribution in [0.2, 0.25) is 0 Å². The van der Waals surface area contributed by atoms with Crippen LogP contribution in [-0.4, -0.2) is 17.2 Å². The van der Waals surface area contributed by atoms with Crippen molar-refractivity contribution in [3.05, 3.63) is 33.2 Å². The average molecular weight is 220 g/mol. The summed E-state index contributed by atoms with van der Waals surface area (Å²) >= 11 is 0. The maximum absolute atomic E-state index is 9.17. The molecular weight excluding hydrogens is 207 g/mol. The van der Waals surface area contributed by atoms with E-state index in [4.69, 9.17) is 21.3 Å². The van der Waals surface area contributed by atoms with Gasteiger partial charge in [0.1, 0.15) is 0 Å². The lowest BCUT2D eigenvalue weighted by Gasteiger charge is -2.14. The molecule has 1 aromatic rings. The van der Waals surface area contributed by atoms with E-state index in [0.717, 1.165) is 5.56 Å². The van der Waals surface area contributed by atoms with Gasteiger partial charge in [0, 0.05) is 10.6 Å². The maximum Gasteiger partial charge on any atom is 0.488 e. The third kappa shape index (κ3) is 2.28. The molecule has 0 atom stereocenters. The normalized spacial score (nSPS) is 9.75. The Labute approximate surface area is 93.5 Å². The first-order valence-electron chi connectivity index (χ1n) is 4.74. The van der Waals surface area contributed by atoms with Gasteiger partial charge in [-0.15, -0.1) is 0 Å². The van der Waals surface area contributed by atoms with Gasteiger partial charge in [-0.1, -0.05) is 11.2 Å². The van der Waals surface area contributed by atoms with Gasteiger partial charge in [0.15, 0.2) is 0 Å². The summed E-state index contributed by atoms with van der Waals surface area (Å²) < 4.78 is 0. The summed E-state index contributed by atoms with van der Waals surface area (Å²) in [6.45, 7) is 3.67. The standard InChI is InChI=1S/C9H13BN4O2/c1-5-7(4-13-14-12)3-8(10(15)16)6(2)9(5)11/h3,15-16H,4,11H2,1-2H3. The number of hydrogen-bond acceptors (Lipinski definition) is 4. The van der Waals surface area contributed by atoms with E-state index in [0.29, 0.717) is 22.3 Å². The molecule has 6 nitrogen and oxygen atoms in total. The molecule has 0 fully saturated rings. The van der Waals surface area contributed by atoms with E-state index < -0.39 is 7.12 Å². The van der Waals surface area contributed by atoms with E-state index in [1.165, 1.54) is 0 Å². The molecule has 0 aliphatic heterocycles. The van der Waals surface area contributed by atoms with Gasteiger partial charge in [-0.2, -0.15) is 0 Å². The fourth-order valence-electron chi connectivity index (χ4n) is 1.55. The Hall–Kier alpha value is -1.69. The molecule has 0 bridgehead atoms. The second kappa shape index (κ2) is 4.89. The summed E-state index contributed by atoms with van der Waals surface area (Å²) in [5.74, 6) is 0. The molecule has 84 valence electrons. The van der Waals surface area contributed by atoms with E-state index in [9.17, 15) is 0 Å². The number of azide groups is 1. The van der Waals surface area contributed by atoms with Crippen LogP contribution in [0.1, 0.15) is 16.7 Å². The van der Waals surface area contributed by atoms with E-state index in [2.05, 4.69) is 10.0 Å². The third-order valence-electron chi connectivity index (χ3n) is 2.63. The van der Waals surface area contributed by atoms with Crippen LogP contribution in [0.5, 0.6) is 0 Å². The zero-order chi connectivity index (χ0) is 12.3. The lowest BCUT2D eigenvalue weighted by Crippen LogP contribution is -2.33. The topological polar surface area (TPSA) is 115 Å². The van der Waals surface area contributed by atoms with Gasteiger partial charge in [-0.05, 0) is 41.5 Å². The highest BCUT2D eigenvalue weighted by atomic mass is 16.4. The molecule has 0 aliphatic carbocycles. The number of rotatable bonds is 3. The van der Waals surface area contributed by atoms with Gasteiger partial charge in [0.05, 0.1) is 6.54 Å². The Morgan fingerprint density at radius 2 is 2.06 bits per heavy atom. The van der Waals surface area contributed by atoms with Crippen molar-refractivity contribution in [2.75, 3.05) is 5.73 Å². The predicted octanol–water partition coefficient (Wildman–Crippen LogP) is 0.376. The van der Waals surface area contributed by atoms with Crippen LogP contribution < -0.4 is 11.2 Å². The Morgan fingerprint density at radius 3 is 2.56 bits per heavy atom. The van der Waals surface area contributed by atoms with Crippen LogP contribution >= 0.6 is 0 Å². The summed E-state index contributed by atoms with van der Waals surface area (Å²) in [5, 5.41) is 21.8. The van der Waals surface area contributed by atoms with Gasteiger partial charge >= 0.3 is 7.12 Å². The summed E-state index contributed by atoms with van der Waals surface area (Å²) in [6, 6.07) is 1.60. The number of nitrogens with zero attached hydrogens (tertiary/aromatic N) is 3. The van der Waals surface area contributed by atoms with Crippen molar-refractivity contribution < 1.29 is 10.0 Å². The molecule has 0 saturated heterocycles. The molecule has 0 amide bonds. The smallest absolute Gasteiger partial charge is 0.423 e. The molecule has 0 spiro atoms. The van der Waals surface area contributed by atoms with Crippen LogP contribution in [0, 0.1) is 13.8 Å². The van der Waals surface area contributed by atoms with Crippen molar-refractivity contribution in [1.29, 1.82) is 0 Å². The Morgan fingerprint density at radius 1 is 1.44 bits per heavy atom. The second-order valence-electron chi connectivity index (χ2n) is 3.55. The van der Waals surface area contributed by atoms with E-state index in [1.54, 1.807) is 19.9 Å². The molecule has 0 saturated carbocycles. The van der Waals surface area contributed by atoms with Crippen LogP contribution in [0.4, 0.5) is 5.69 Å². The van der Waals surface area contributed by atoms with E-state index in [1.807, 2.05) is 0 Å².